The average Bonchev–Trinajstić information content (AvgIpc) is 2.71. The van der Waals surface area contributed by atoms with E-state index in [1.807, 2.05) is 0 Å². The van der Waals surface area contributed by atoms with E-state index >= 15 is 0 Å². The molecule has 32 heavy (non-hydrogen) atoms. The van der Waals surface area contributed by atoms with E-state index in [-0.39, 0.29) is 12.2 Å². The molecule has 1 N–H and O–H groups in total. The fourth-order valence-electron chi connectivity index (χ4n) is 3.07. The first-order chi connectivity index (χ1) is 14.8. The van der Waals surface area contributed by atoms with E-state index in [0.29, 0.717) is 26.2 Å². The molecule has 0 heterocycles. The summed E-state index contributed by atoms with van der Waals surface area (Å²) in [5, 5.41) is 3.58. The third-order valence-corrected chi connectivity index (χ3v) is 6.84. The molecule has 0 fully saturated rings. The third-order valence-electron chi connectivity index (χ3n) is 4.89. The third kappa shape index (κ3) is 6.51. The molecule has 174 valence electrons. The summed E-state index contributed by atoms with van der Waals surface area (Å²) in [6.07, 6.45) is 1.00. The fraction of sp³-hybridized carbons (Fsp3) is 0.333. The maximum atomic E-state index is 13.4. The van der Waals surface area contributed by atoms with Gasteiger partial charge in [-0.05, 0) is 49.2 Å². The highest BCUT2D eigenvalue weighted by molar-refractivity contribution is 7.92. The van der Waals surface area contributed by atoms with E-state index in [4.69, 9.17) is 34.8 Å². The van der Waals surface area contributed by atoms with Gasteiger partial charge in [-0.1, -0.05) is 46.9 Å². The van der Waals surface area contributed by atoms with Crippen LogP contribution in [-0.2, 0) is 26.2 Å². The number of carbonyl (C=O) groups is 2. The molecule has 1 unspecified atom stereocenters. The highest BCUT2D eigenvalue weighted by atomic mass is 35.5. The molecular formula is C21H24Cl3N3O4S. The Labute approximate surface area is 203 Å². The van der Waals surface area contributed by atoms with Gasteiger partial charge in [-0.25, -0.2) is 8.42 Å². The van der Waals surface area contributed by atoms with E-state index in [1.165, 1.54) is 24.1 Å². The molecule has 0 radical (unpaired) electrons. The fourth-order valence-corrected chi connectivity index (χ4v) is 4.60. The summed E-state index contributed by atoms with van der Waals surface area (Å²) in [7, 11) is -2.39. The van der Waals surface area contributed by atoms with Crippen molar-refractivity contribution in [3.8, 4) is 0 Å². The SMILES string of the molecule is CNC(=O)C(C)N(Cc1ccc(Cl)cc1Cl)C(=O)CN(c1cc(Cl)ccc1C)S(C)(=O)=O. The van der Waals surface area contributed by atoms with Gasteiger partial charge in [-0.2, -0.15) is 0 Å². The summed E-state index contributed by atoms with van der Waals surface area (Å²) < 4.78 is 26.1. The van der Waals surface area contributed by atoms with Gasteiger partial charge in [0.2, 0.25) is 21.8 Å². The summed E-state index contributed by atoms with van der Waals surface area (Å²) in [5.74, 6) is -0.995. The van der Waals surface area contributed by atoms with Crippen LogP contribution in [0, 0.1) is 6.92 Å². The van der Waals surface area contributed by atoms with E-state index in [1.54, 1.807) is 38.1 Å². The minimum Gasteiger partial charge on any atom is -0.357 e. The molecular weight excluding hydrogens is 497 g/mol. The van der Waals surface area contributed by atoms with Crippen molar-refractivity contribution < 1.29 is 18.0 Å². The summed E-state index contributed by atoms with van der Waals surface area (Å²) in [4.78, 5) is 27.0. The molecule has 7 nitrogen and oxygen atoms in total. The molecule has 2 amide bonds. The Hall–Kier alpha value is -2.00. The van der Waals surface area contributed by atoms with Crippen LogP contribution in [0.1, 0.15) is 18.1 Å². The van der Waals surface area contributed by atoms with E-state index in [2.05, 4.69) is 5.32 Å². The molecule has 0 aliphatic carbocycles. The lowest BCUT2D eigenvalue weighted by Gasteiger charge is -2.32. The predicted molar refractivity (Wildman–Crippen MR) is 129 cm³/mol. The number of nitrogens with one attached hydrogen (secondary N) is 1. The Bertz CT molecular complexity index is 1130. The highest BCUT2D eigenvalue weighted by Crippen LogP contribution is 2.27. The zero-order valence-corrected chi connectivity index (χ0v) is 21.1. The second-order valence-electron chi connectivity index (χ2n) is 7.25. The van der Waals surface area contributed by atoms with Crippen LogP contribution in [0.15, 0.2) is 36.4 Å². The molecule has 0 spiro atoms. The Balaban J connectivity index is 2.46. The number of aryl methyl sites for hydroxylation is 1. The van der Waals surface area contributed by atoms with Gasteiger partial charge >= 0.3 is 0 Å². The molecule has 0 aliphatic heterocycles. The van der Waals surface area contributed by atoms with Crippen LogP contribution >= 0.6 is 34.8 Å². The van der Waals surface area contributed by atoms with Crippen molar-refractivity contribution in [2.75, 3.05) is 24.2 Å². The number of benzene rings is 2. The number of carbonyl (C=O) groups excluding carboxylic acids is 2. The number of anilines is 1. The highest BCUT2D eigenvalue weighted by Gasteiger charge is 2.30. The van der Waals surface area contributed by atoms with Crippen molar-refractivity contribution in [3.63, 3.8) is 0 Å². The van der Waals surface area contributed by atoms with Crippen LogP contribution in [0.3, 0.4) is 0 Å². The Morgan fingerprint density at radius 1 is 1.06 bits per heavy atom. The minimum absolute atomic E-state index is 0.0183. The lowest BCUT2D eigenvalue weighted by molar-refractivity contribution is -0.139. The Morgan fingerprint density at radius 2 is 1.66 bits per heavy atom. The van der Waals surface area contributed by atoms with Crippen molar-refractivity contribution >= 4 is 62.3 Å². The normalized spacial score (nSPS) is 12.2. The van der Waals surface area contributed by atoms with Gasteiger partial charge < -0.3 is 10.2 Å². The second-order valence-corrected chi connectivity index (χ2v) is 10.4. The molecule has 0 saturated heterocycles. The molecule has 11 heteroatoms. The van der Waals surface area contributed by atoms with Crippen LogP contribution in [0.5, 0.6) is 0 Å². The van der Waals surface area contributed by atoms with Crippen molar-refractivity contribution in [2.45, 2.75) is 26.4 Å². The van der Waals surface area contributed by atoms with Gasteiger partial charge in [0.25, 0.3) is 0 Å². The summed E-state index contributed by atoms with van der Waals surface area (Å²) in [6, 6.07) is 8.69. The van der Waals surface area contributed by atoms with Crippen LogP contribution in [0.2, 0.25) is 15.1 Å². The molecule has 0 saturated carbocycles. The summed E-state index contributed by atoms with van der Waals surface area (Å²) in [5.41, 5.74) is 1.47. The monoisotopic (exact) mass is 519 g/mol. The summed E-state index contributed by atoms with van der Waals surface area (Å²) in [6.45, 7) is 2.73. The first-order valence-electron chi connectivity index (χ1n) is 9.54. The van der Waals surface area contributed by atoms with Crippen molar-refractivity contribution in [3.05, 3.63) is 62.6 Å². The molecule has 1 atom stereocenters. The Morgan fingerprint density at radius 3 is 2.22 bits per heavy atom. The second kappa shape index (κ2) is 10.7. The van der Waals surface area contributed by atoms with Crippen molar-refractivity contribution in [2.24, 2.45) is 0 Å². The first-order valence-corrected chi connectivity index (χ1v) is 12.5. The van der Waals surface area contributed by atoms with Gasteiger partial charge in [-0.15, -0.1) is 0 Å². The number of nitrogens with zero attached hydrogens (tertiary/aromatic N) is 2. The number of halogens is 3. The lowest BCUT2D eigenvalue weighted by atomic mass is 10.1. The predicted octanol–water partition coefficient (Wildman–Crippen LogP) is 3.88. The zero-order valence-electron chi connectivity index (χ0n) is 18.0. The zero-order chi connectivity index (χ0) is 24.2. The van der Waals surface area contributed by atoms with Crippen LogP contribution in [0.4, 0.5) is 5.69 Å². The van der Waals surface area contributed by atoms with Crippen molar-refractivity contribution in [1.82, 2.24) is 10.2 Å². The summed E-state index contributed by atoms with van der Waals surface area (Å²) >= 11 is 18.3. The molecule has 2 rings (SSSR count). The molecule has 2 aromatic rings. The van der Waals surface area contributed by atoms with E-state index in [9.17, 15) is 18.0 Å². The smallest absolute Gasteiger partial charge is 0.244 e. The van der Waals surface area contributed by atoms with Crippen molar-refractivity contribution in [1.29, 1.82) is 0 Å². The molecule has 0 bridgehead atoms. The van der Waals surface area contributed by atoms with Crippen LogP contribution in [0.25, 0.3) is 0 Å². The number of sulfonamides is 1. The standard InChI is InChI=1S/C21H24Cl3N3O4S/c1-13-5-7-17(23)10-19(13)27(32(4,30)31)12-20(28)26(14(2)21(29)25-3)11-15-6-8-16(22)9-18(15)24/h5-10,14H,11-12H2,1-4H3,(H,25,29). The van der Waals surface area contributed by atoms with Gasteiger partial charge in [0.05, 0.1) is 11.9 Å². The van der Waals surface area contributed by atoms with Crippen LogP contribution < -0.4 is 9.62 Å². The number of likely N-dealkylation sites (N-methyl/N-ethyl adjacent to an activating group) is 1. The minimum atomic E-state index is -3.84. The van der Waals surface area contributed by atoms with Gasteiger partial charge in [0.1, 0.15) is 12.6 Å². The molecule has 2 aromatic carbocycles. The number of hydrogen-bond acceptors (Lipinski definition) is 4. The van der Waals surface area contributed by atoms with Gasteiger partial charge in [0.15, 0.2) is 0 Å². The maximum Gasteiger partial charge on any atom is 0.244 e. The average molecular weight is 521 g/mol. The number of rotatable bonds is 8. The van der Waals surface area contributed by atoms with Gasteiger partial charge in [0, 0.05) is 28.7 Å². The lowest BCUT2D eigenvalue weighted by Crippen LogP contribution is -2.50. The van der Waals surface area contributed by atoms with Crippen LogP contribution in [-0.4, -0.2) is 51.0 Å². The maximum absolute atomic E-state index is 13.4. The largest absolute Gasteiger partial charge is 0.357 e. The quantitative estimate of drug-likeness (QED) is 0.572. The topological polar surface area (TPSA) is 86.8 Å². The molecule has 0 aliphatic rings. The number of hydrogen-bond donors (Lipinski definition) is 1. The van der Waals surface area contributed by atoms with E-state index in [0.717, 1.165) is 10.6 Å². The first kappa shape index (κ1) is 26.3. The number of amides is 2. The van der Waals surface area contributed by atoms with Gasteiger partial charge in [-0.3, -0.25) is 13.9 Å². The Kier molecular flexibility index (Phi) is 8.82. The van der Waals surface area contributed by atoms with E-state index < -0.39 is 34.4 Å². The molecule has 0 aromatic heterocycles.